The van der Waals surface area contributed by atoms with E-state index >= 15 is 0 Å². The minimum Gasteiger partial charge on any atom is -0.300 e. The van der Waals surface area contributed by atoms with E-state index in [0.29, 0.717) is 5.78 Å². The van der Waals surface area contributed by atoms with Gasteiger partial charge in [-0.1, -0.05) is 0 Å². The first-order valence-electron chi connectivity index (χ1n) is 5.69. The van der Waals surface area contributed by atoms with Gasteiger partial charge in [0.2, 0.25) is 0 Å². The maximum atomic E-state index is 11.5. The summed E-state index contributed by atoms with van der Waals surface area (Å²) in [5, 5.41) is 2.28. The van der Waals surface area contributed by atoms with E-state index in [0.717, 1.165) is 12.8 Å². The average Bonchev–Trinajstić information content (AvgIpc) is 1.99. The van der Waals surface area contributed by atoms with E-state index in [1.54, 1.807) is 6.92 Å². The third kappa shape index (κ3) is 2.40. The fraction of sp³-hybridized carbons (Fsp3) is 0.917. The fourth-order valence-electron chi connectivity index (χ4n) is 3.17. The Bertz CT molecular complexity index is 240. The third-order valence-corrected chi connectivity index (χ3v) is 3.50. The van der Waals surface area contributed by atoms with Crippen LogP contribution in [0.15, 0.2) is 0 Å². The topological polar surface area (TPSA) is 32.3 Å². The van der Waals surface area contributed by atoms with Crippen LogP contribution in [0.25, 0.3) is 0 Å². The molecule has 0 saturated carbocycles. The molecular weight excluding hydrogens is 188 g/mol. The number of nitrogens with zero attached hydrogens (tertiary/aromatic N) is 1. The van der Waals surface area contributed by atoms with Crippen molar-refractivity contribution >= 4 is 5.78 Å². The molecule has 1 N–H and O–H groups in total. The summed E-state index contributed by atoms with van der Waals surface area (Å²) in [7, 11) is 1.96. The molecule has 1 fully saturated rings. The number of hydrazine groups is 1. The summed E-state index contributed by atoms with van der Waals surface area (Å²) in [5.74, 6) is 0.534. The standard InChI is InChI=1S/C12H24N2O/c1-9(15)10-7-11(2,3)14(13-6)12(4,5)8-10/h10,13H,7-8H2,1-6H3. The molecule has 1 heterocycles. The Kier molecular flexibility index (Phi) is 3.27. The number of rotatable bonds is 2. The van der Waals surface area contributed by atoms with Crippen LogP contribution in [0.3, 0.4) is 0 Å². The zero-order valence-corrected chi connectivity index (χ0v) is 10.8. The van der Waals surface area contributed by atoms with Gasteiger partial charge in [0.15, 0.2) is 0 Å². The minimum absolute atomic E-state index is 0.0346. The highest BCUT2D eigenvalue weighted by atomic mass is 16.1. The monoisotopic (exact) mass is 212 g/mol. The van der Waals surface area contributed by atoms with Crippen LogP contribution in [0.4, 0.5) is 0 Å². The van der Waals surface area contributed by atoms with Crippen molar-refractivity contribution in [2.45, 2.75) is 58.5 Å². The van der Waals surface area contributed by atoms with Crippen LogP contribution in [0.2, 0.25) is 0 Å². The Morgan fingerprint density at radius 1 is 1.20 bits per heavy atom. The van der Waals surface area contributed by atoms with Gasteiger partial charge < -0.3 is 0 Å². The van der Waals surface area contributed by atoms with Crippen LogP contribution in [0.5, 0.6) is 0 Å². The van der Waals surface area contributed by atoms with Crippen molar-refractivity contribution in [3.8, 4) is 0 Å². The molecule has 0 spiro atoms. The fourth-order valence-corrected chi connectivity index (χ4v) is 3.17. The van der Waals surface area contributed by atoms with Gasteiger partial charge in [0, 0.05) is 17.0 Å². The van der Waals surface area contributed by atoms with Gasteiger partial charge in [0.25, 0.3) is 0 Å². The summed E-state index contributed by atoms with van der Waals surface area (Å²) >= 11 is 0. The second-order valence-corrected chi connectivity index (χ2v) is 5.90. The number of hydrogen-bond acceptors (Lipinski definition) is 3. The van der Waals surface area contributed by atoms with Gasteiger partial charge >= 0.3 is 0 Å². The Morgan fingerprint density at radius 2 is 1.60 bits per heavy atom. The van der Waals surface area contributed by atoms with Crippen molar-refractivity contribution in [3.05, 3.63) is 0 Å². The second-order valence-electron chi connectivity index (χ2n) is 5.90. The number of carbonyl (C=O) groups excluding carboxylic acids is 1. The average molecular weight is 212 g/mol. The van der Waals surface area contributed by atoms with Crippen LogP contribution in [-0.2, 0) is 4.79 Å². The molecule has 1 aliphatic rings. The molecule has 1 saturated heterocycles. The molecule has 0 aromatic heterocycles. The molecule has 0 aromatic rings. The normalized spacial score (nSPS) is 26.5. The summed E-state index contributed by atoms with van der Waals surface area (Å²) in [6, 6.07) is 0. The molecular formula is C12H24N2O. The zero-order chi connectivity index (χ0) is 11.9. The van der Waals surface area contributed by atoms with Crippen LogP contribution in [0, 0.1) is 5.92 Å². The lowest BCUT2D eigenvalue weighted by Gasteiger charge is -2.54. The molecule has 15 heavy (non-hydrogen) atoms. The first kappa shape index (κ1) is 12.7. The number of hydrogen-bond donors (Lipinski definition) is 1. The van der Waals surface area contributed by atoms with Crippen molar-refractivity contribution in [3.63, 3.8) is 0 Å². The predicted molar refractivity (Wildman–Crippen MR) is 62.5 cm³/mol. The number of Topliss-reactive ketones (excluding diaryl/α,β-unsaturated/α-hetero) is 1. The van der Waals surface area contributed by atoms with Crippen LogP contribution in [-0.4, -0.2) is 28.9 Å². The lowest BCUT2D eigenvalue weighted by molar-refractivity contribution is -0.133. The van der Waals surface area contributed by atoms with Gasteiger partial charge in [0.05, 0.1) is 0 Å². The molecule has 3 nitrogen and oxygen atoms in total. The number of ketones is 1. The van der Waals surface area contributed by atoms with E-state index in [1.807, 2.05) is 7.05 Å². The highest BCUT2D eigenvalue weighted by molar-refractivity contribution is 5.78. The lowest BCUT2D eigenvalue weighted by Crippen LogP contribution is -2.65. The minimum atomic E-state index is 0.0346. The molecule has 0 atom stereocenters. The van der Waals surface area contributed by atoms with Gasteiger partial charge in [-0.3, -0.25) is 10.2 Å². The lowest BCUT2D eigenvalue weighted by atomic mass is 9.73. The number of nitrogens with one attached hydrogen (secondary N) is 1. The van der Waals surface area contributed by atoms with E-state index in [9.17, 15) is 4.79 Å². The SMILES string of the molecule is CNN1C(C)(C)CC(C(C)=O)CC1(C)C. The molecule has 0 amide bonds. The number of piperidine rings is 1. The molecule has 0 bridgehead atoms. The molecule has 88 valence electrons. The third-order valence-electron chi connectivity index (χ3n) is 3.50. The molecule has 3 heteroatoms. The van der Waals surface area contributed by atoms with Crippen LogP contribution in [0.1, 0.15) is 47.5 Å². The molecule has 1 rings (SSSR count). The predicted octanol–water partition coefficient (Wildman–Crippen LogP) is 1.98. The highest BCUT2D eigenvalue weighted by Crippen LogP contribution is 2.39. The number of carbonyl (C=O) groups is 1. The van der Waals surface area contributed by atoms with E-state index in [4.69, 9.17) is 0 Å². The van der Waals surface area contributed by atoms with Crippen LogP contribution >= 0.6 is 0 Å². The van der Waals surface area contributed by atoms with Gasteiger partial charge in [-0.25, -0.2) is 5.01 Å². The summed E-state index contributed by atoms with van der Waals surface area (Å²) in [6.07, 6.45) is 1.87. The Balaban J connectivity index is 2.95. The van der Waals surface area contributed by atoms with E-state index in [2.05, 4.69) is 38.1 Å². The van der Waals surface area contributed by atoms with Crippen LogP contribution < -0.4 is 5.43 Å². The summed E-state index contributed by atoms with van der Waals surface area (Å²) in [5.41, 5.74) is 3.34. The van der Waals surface area contributed by atoms with Gasteiger partial charge in [-0.2, -0.15) is 0 Å². The van der Waals surface area contributed by atoms with E-state index in [-0.39, 0.29) is 17.0 Å². The smallest absolute Gasteiger partial charge is 0.133 e. The Labute approximate surface area is 93.2 Å². The van der Waals surface area contributed by atoms with Crippen molar-refractivity contribution in [2.24, 2.45) is 5.92 Å². The summed E-state index contributed by atoms with van der Waals surface area (Å²) in [6.45, 7) is 10.5. The Morgan fingerprint density at radius 3 is 1.87 bits per heavy atom. The first-order valence-corrected chi connectivity index (χ1v) is 5.69. The van der Waals surface area contributed by atoms with E-state index in [1.165, 1.54) is 0 Å². The maximum Gasteiger partial charge on any atom is 0.133 e. The maximum absolute atomic E-state index is 11.5. The molecule has 0 aromatic carbocycles. The largest absolute Gasteiger partial charge is 0.300 e. The zero-order valence-electron chi connectivity index (χ0n) is 10.8. The van der Waals surface area contributed by atoms with Crippen molar-refractivity contribution in [2.75, 3.05) is 7.05 Å². The van der Waals surface area contributed by atoms with E-state index < -0.39 is 0 Å². The van der Waals surface area contributed by atoms with Crippen molar-refractivity contribution in [1.29, 1.82) is 0 Å². The highest BCUT2D eigenvalue weighted by Gasteiger charge is 2.45. The molecule has 0 aliphatic carbocycles. The van der Waals surface area contributed by atoms with Crippen molar-refractivity contribution < 1.29 is 4.79 Å². The van der Waals surface area contributed by atoms with Crippen molar-refractivity contribution in [1.82, 2.24) is 10.4 Å². The van der Waals surface area contributed by atoms with Gasteiger partial charge in [-0.05, 0) is 54.5 Å². The summed E-state index contributed by atoms with van der Waals surface area (Å²) < 4.78 is 0. The molecule has 1 aliphatic heterocycles. The summed E-state index contributed by atoms with van der Waals surface area (Å²) in [4.78, 5) is 11.5. The second kappa shape index (κ2) is 3.87. The molecule has 0 radical (unpaired) electrons. The van der Waals surface area contributed by atoms with Gasteiger partial charge in [0.1, 0.15) is 5.78 Å². The molecule has 0 unspecified atom stereocenters. The Hall–Kier alpha value is -0.410. The first-order chi connectivity index (χ1) is 6.70. The van der Waals surface area contributed by atoms with Gasteiger partial charge in [-0.15, -0.1) is 0 Å². The quantitative estimate of drug-likeness (QED) is 0.759.